The summed E-state index contributed by atoms with van der Waals surface area (Å²) < 4.78 is 4.89. The smallest absolute Gasteiger partial charge is 0.338 e. The van der Waals surface area contributed by atoms with Crippen LogP contribution < -0.4 is 11.1 Å². The van der Waals surface area contributed by atoms with Crippen LogP contribution in [0.1, 0.15) is 23.7 Å². The molecule has 1 saturated carbocycles. The summed E-state index contributed by atoms with van der Waals surface area (Å²) in [7, 11) is 0. The number of nitrogens with one attached hydrogen (secondary N) is 1. The molecule has 0 heterocycles. The molecule has 0 aromatic heterocycles. The lowest BCUT2D eigenvalue weighted by Crippen LogP contribution is -2.18. The van der Waals surface area contributed by atoms with E-state index in [9.17, 15) is 9.59 Å². The van der Waals surface area contributed by atoms with E-state index in [-0.39, 0.29) is 17.9 Å². The van der Waals surface area contributed by atoms with Gasteiger partial charge in [0.25, 0.3) is 0 Å². The first-order valence-electron chi connectivity index (χ1n) is 5.95. The van der Waals surface area contributed by atoms with Crippen LogP contribution >= 0.6 is 0 Å². The molecule has 1 amide bonds. The summed E-state index contributed by atoms with van der Waals surface area (Å²) in [5.74, 6) is -0.587. The summed E-state index contributed by atoms with van der Waals surface area (Å²) in [6, 6.07) is 6.65. The van der Waals surface area contributed by atoms with Crippen molar-refractivity contribution in [3.05, 3.63) is 29.8 Å². The Bertz CT molecular complexity index is 473. The molecule has 2 unspecified atom stereocenters. The van der Waals surface area contributed by atoms with Crippen molar-refractivity contribution in [2.75, 3.05) is 11.9 Å². The van der Waals surface area contributed by atoms with E-state index >= 15 is 0 Å². The van der Waals surface area contributed by atoms with Crippen molar-refractivity contribution >= 4 is 17.6 Å². The predicted molar refractivity (Wildman–Crippen MR) is 67.1 cm³/mol. The third-order valence-corrected chi connectivity index (χ3v) is 2.82. The number of nitrogens with two attached hydrogens (primary N) is 1. The SMILES string of the molecule is CCOC(=O)c1cccc(NC(=O)C2CC2N)c1. The second-order valence-corrected chi connectivity index (χ2v) is 4.30. The molecule has 96 valence electrons. The van der Waals surface area contributed by atoms with Crippen LogP contribution in [0.3, 0.4) is 0 Å². The fourth-order valence-corrected chi connectivity index (χ4v) is 1.69. The van der Waals surface area contributed by atoms with Crippen molar-refractivity contribution in [3.63, 3.8) is 0 Å². The van der Waals surface area contributed by atoms with Crippen molar-refractivity contribution in [2.45, 2.75) is 19.4 Å². The second-order valence-electron chi connectivity index (χ2n) is 4.30. The fraction of sp³-hybridized carbons (Fsp3) is 0.385. The monoisotopic (exact) mass is 248 g/mol. The predicted octanol–water partition coefficient (Wildman–Crippen LogP) is 1.15. The topological polar surface area (TPSA) is 81.4 Å². The Morgan fingerprint density at radius 2 is 2.22 bits per heavy atom. The molecule has 18 heavy (non-hydrogen) atoms. The molecule has 2 rings (SSSR count). The minimum Gasteiger partial charge on any atom is -0.462 e. The molecular formula is C13H16N2O3. The van der Waals surface area contributed by atoms with Gasteiger partial charge < -0.3 is 15.8 Å². The Kier molecular flexibility index (Phi) is 3.62. The molecule has 5 nitrogen and oxygen atoms in total. The first-order chi connectivity index (χ1) is 8.61. The highest BCUT2D eigenvalue weighted by molar-refractivity contribution is 5.97. The highest BCUT2D eigenvalue weighted by Crippen LogP contribution is 2.29. The number of hydrogen-bond donors (Lipinski definition) is 2. The van der Waals surface area contributed by atoms with Gasteiger partial charge in [-0.25, -0.2) is 4.79 Å². The van der Waals surface area contributed by atoms with Crippen LogP contribution in [-0.2, 0) is 9.53 Å². The van der Waals surface area contributed by atoms with Gasteiger partial charge in [-0.05, 0) is 31.5 Å². The summed E-state index contributed by atoms with van der Waals surface area (Å²) in [6.07, 6.45) is 0.726. The van der Waals surface area contributed by atoms with E-state index in [0.717, 1.165) is 6.42 Å². The van der Waals surface area contributed by atoms with Gasteiger partial charge in [-0.1, -0.05) is 6.07 Å². The first kappa shape index (κ1) is 12.6. The fourth-order valence-electron chi connectivity index (χ4n) is 1.69. The summed E-state index contributed by atoms with van der Waals surface area (Å²) in [5, 5.41) is 2.74. The summed E-state index contributed by atoms with van der Waals surface area (Å²) in [5.41, 5.74) is 6.62. The lowest BCUT2D eigenvalue weighted by molar-refractivity contribution is -0.117. The minimum atomic E-state index is -0.392. The van der Waals surface area contributed by atoms with Crippen LogP contribution in [0.5, 0.6) is 0 Å². The van der Waals surface area contributed by atoms with Gasteiger partial charge in [-0.15, -0.1) is 0 Å². The van der Waals surface area contributed by atoms with Crippen LogP contribution in [0.4, 0.5) is 5.69 Å². The third-order valence-electron chi connectivity index (χ3n) is 2.82. The number of anilines is 1. The van der Waals surface area contributed by atoms with Gasteiger partial charge in [0.05, 0.1) is 18.1 Å². The van der Waals surface area contributed by atoms with E-state index in [1.807, 2.05) is 0 Å². The van der Waals surface area contributed by atoms with Gasteiger partial charge in [0.1, 0.15) is 0 Å². The van der Waals surface area contributed by atoms with Crippen molar-refractivity contribution in [1.29, 1.82) is 0 Å². The maximum absolute atomic E-state index is 11.7. The Labute approximate surface area is 105 Å². The largest absolute Gasteiger partial charge is 0.462 e. The van der Waals surface area contributed by atoms with E-state index in [0.29, 0.717) is 17.9 Å². The number of hydrogen-bond acceptors (Lipinski definition) is 4. The summed E-state index contributed by atoms with van der Waals surface area (Å²) >= 11 is 0. The molecule has 0 saturated heterocycles. The normalized spacial score (nSPS) is 21.2. The van der Waals surface area contributed by atoms with Crippen LogP contribution in [-0.4, -0.2) is 24.5 Å². The molecule has 0 spiro atoms. The quantitative estimate of drug-likeness (QED) is 0.783. The highest BCUT2D eigenvalue weighted by Gasteiger charge is 2.39. The lowest BCUT2D eigenvalue weighted by atomic mass is 10.2. The molecule has 1 fully saturated rings. The number of rotatable bonds is 4. The lowest BCUT2D eigenvalue weighted by Gasteiger charge is -2.06. The van der Waals surface area contributed by atoms with Crippen LogP contribution in [0.25, 0.3) is 0 Å². The van der Waals surface area contributed by atoms with Crippen molar-refractivity contribution in [3.8, 4) is 0 Å². The Hall–Kier alpha value is -1.88. The number of esters is 1. The van der Waals surface area contributed by atoms with Crippen LogP contribution in [0.2, 0.25) is 0 Å². The van der Waals surface area contributed by atoms with Crippen molar-refractivity contribution in [1.82, 2.24) is 0 Å². The Morgan fingerprint density at radius 3 is 2.83 bits per heavy atom. The zero-order valence-electron chi connectivity index (χ0n) is 10.2. The van der Waals surface area contributed by atoms with Gasteiger partial charge in [0, 0.05) is 11.7 Å². The number of ether oxygens (including phenoxy) is 1. The molecule has 3 N–H and O–H groups in total. The standard InChI is InChI=1S/C13H16N2O3/c1-2-18-13(17)8-4-3-5-9(6-8)15-12(16)10-7-11(10)14/h3-6,10-11H,2,7,14H2,1H3,(H,15,16). The van der Waals surface area contributed by atoms with Crippen LogP contribution in [0, 0.1) is 5.92 Å². The minimum absolute atomic E-state index is 0.0294. The van der Waals surface area contributed by atoms with E-state index in [2.05, 4.69) is 5.32 Å². The van der Waals surface area contributed by atoms with Gasteiger partial charge in [-0.3, -0.25) is 4.79 Å². The Morgan fingerprint density at radius 1 is 1.50 bits per heavy atom. The molecule has 1 aliphatic carbocycles. The highest BCUT2D eigenvalue weighted by atomic mass is 16.5. The van der Waals surface area contributed by atoms with E-state index in [1.54, 1.807) is 31.2 Å². The molecule has 0 aliphatic heterocycles. The number of benzene rings is 1. The van der Waals surface area contributed by atoms with E-state index in [4.69, 9.17) is 10.5 Å². The average molecular weight is 248 g/mol. The maximum atomic E-state index is 11.7. The zero-order chi connectivity index (χ0) is 13.1. The molecule has 1 aromatic carbocycles. The first-order valence-corrected chi connectivity index (χ1v) is 5.95. The molecule has 0 radical (unpaired) electrons. The molecule has 1 aliphatic rings. The molecule has 1 aromatic rings. The molecule has 0 bridgehead atoms. The van der Waals surface area contributed by atoms with Crippen molar-refractivity contribution in [2.24, 2.45) is 11.7 Å². The van der Waals surface area contributed by atoms with E-state index < -0.39 is 5.97 Å². The molecular weight excluding hydrogens is 232 g/mol. The van der Waals surface area contributed by atoms with Gasteiger partial charge in [0.2, 0.25) is 5.91 Å². The second kappa shape index (κ2) is 5.18. The number of carbonyl (C=O) groups excluding carboxylic acids is 2. The van der Waals surface area contributed by atoms with Crippen LogP contribution in [0.15, 0.2) is 24.3 Å². The maximum Gasteiger partial charge on any atom is 0.338 e. The average Bonchev–Trinajstić information content (AvgIpc) is 3.07. The van der Waals surface area contributed by atoms with Crippen molar-refractivity contribution < 1.29 is 14.3 Å². The summed E-state index contributed by atoms with van der Waals surface area (Å²) in [4.78, 5) is 23.2. The van der Waals surface area contributed by atoms with Gasteiger partial charge >= 0.3 is 5.97 Å². The van der Waals surface area contributed by atoms with Gasteiger partial charge in [-0.2, -0.15) is 0 Å². The molecule has 2 atom stereocenters. The van der Waals surface area contributed by atoms with E-state index in [1.165, 1.54) is 0 Å². The molecule has 5 heteroatoms. The summed E-state index contributed by atoms with van der Waals surface area (Å²) in [6.45, 7) is 2.07. The Balaban J connectivity index is 2.03. The number of carbonyl (C=O) groups is 2. The zero-order valence-corrected chi connectivity index (χ0v) is 10.2. The third kappa shape index (κ3) is 2.87. The number of amides is 1. The van der Waals surface area contributed by atoms with Gasteiger partial charge in [0.15, 0.2) is 0 Å².